The maximum atomic E-state index is 12.0. The van der Waals surface area contributed by atoms with Crippen molar-refractivity contribution in [2.75, 3.05) is 16.0 Å². The summed E-state index contributed by atoms with van der Waals surface area (Å²) >= 11 is 0. The predicted molar refractivity (Wildman–Crippen MR) is 88.9 cm³/mol. The fraction of sp³-hybridized carbons (Fsp3) is 0.176. The molecule has 0 aliphatic carbocycles. The van der Waals surface area contributed by atoms with E-state index in [2.05, 4.69) is 16.0 Å². The molecule has 0 saturated carbocycles. The Morgan fingerprint density at radius 1 is 1.04 bits per heavy atom. The van der Waals surface area contributed by atoms with Crippen LogP contribution in [0, 0.1) is 0 Å². The van der Waals surface area contributed by atoms with E-state index in [-0.39, 0.29) is 11.9 Å². The van der Waals surface area contributed by atoms with Crippen LogP contribution in [0.4, 0.5) is 21.9 Å². The highest BCUT2D eigenvalue weighted by atomic mass is 16.5. The van der Waals surface area contributed by atoms with E-state index in [1.165, 1.54) is 0 Å². The number of nitrogens with one attached hydrogen (secondary N) is 3. The Kier molecular flexibility index (Phi) is 3.65. The summed E-state index contributed by atoms with van der Waals surface area (Å²) in [5, 5.41) is 8.25. The lowest BCUT2D eigenvalue weighted by Crippen LogP contribution is -2.45. The van der Waals surface area contributed by atoms with Gasteiger partial charge in [0.05, 0.1) is 5.69 Å². The number of carbonyl (C=O) groups is 2. The Morgan fingerprint density at radius 2 is 1.74 bits per heavy atom. The lowest BCUT2D eigenvalue weighted by molar-refractivity contribution is -0.129. The van der Waals surface area contributed by atoms with E-state index in [0.717, 1.165) is 0 Å². The molecule has 3 N–H and O–H groups in total. The second kappa shape index (κ2) is 5.64. The fourth-order valence-corrected chi connectivity index (χ4v) is 2.20. The van der Waals surface area contributed by atoms with Gasteiger partial charge < -0.3 is 20.7 Å². The molecule has 3 rings (SSSR count). The predicted octanol–water partition coefficient (Wildman–Crippen LogP) is 3.44. The zero-order valence-electron chi connectivity index (χ0n) is 12.8. The number of urea groups is 1. The van der Waals surface area contributed by atoms with Crippen LogP contribution in [-0.4, -0.2) is 17.5 Å². The van der Waals surface area contributed by atoms with Gasteiger partial charge in [0.25, 0.3) is 5.91 Å². The van der Waals surface area contributed by atoms with Gasteiger partial charge in [-0.2, -0.15) is 0 Å². The van der Waals surface area contributed by atoms with Crippen molar-refractivity contribution >= 4 is 29.0 Å². The van der Waals surface area contributed by atoms with E-state index in [4.69, 9.17) is 4.74 Å². The second-order valence-corrected chi connectivity index (χ2v) is 5.72. The average Bonchev–Trinajstić information content (AvgIpc) is 2.49. The lowest BCUT2D eigenvalue weighted by Gasteiger charge is -2.31. The molecule has 0 radical (unpaired) electrons. The summed E-state index contributed by atoms with van der Waals surface area (Å²) in [6.07, 6.45) is 0. The van der Waals surface area contributed by atoms with Crippen LogP contribution in [0.1, 0.15) is 13.8 Å². The highest BCUT2D eigenvalue weighted by Gasteiger charge is 2.35. The number of anilines is 3. The van der Waals surface area contributed by atoms with Gasteiger partial charge in [0.15, 0.2) is 5.60 Å². The number of hydrogen-bond acceptors (Lipinski definition) is 3. The number of para-hydroxylation sites is 1. The minimum absolute atomic E-state index is 0.201. The van der Waals surface area contributed by atoms with Gasteiger partial charge in [-0.15, -0.1) is 0 Å². The van der Waals surface area contributed by atoms with Crippen molar-refractivity contribution in [1.82, 2.24) is 0 Å². The van der Waals surface area contributed by atoms with Crippen molar-refractivity contribution < 1.29 is 14.3 Å². The quantitative estimate of drug-likeness (QED) is 0.795. The van der Waals surface area contributed by atoms with E-state index >= 15 is 0 Å². The topological polar surface area (TPSA) is 79.5 Å². The van der Waals surface area contributed by atoms with E-state index in [0.29, 0.717) is 22.8 Å². The van der Waals surface area contributed by atoms with Crippen LogP contribution in [0.3, 0.4) is 0 Å². The molecule has 0 saturated heterocycles. The zero-order chi connectivity index (χ0) is 16.4. The summed E-state index contributed by atoms with van der Waals surface area (Å²) in [5.41, 5.74) is 0.915. The monoisotopic (exact) mass is 311 g/mol. The van der Waals surface area contributed by atoms with Gasteiger partial charge in [-0.25, -0.2) is 4.79 Å². The molecule has 6 nitrogen and oxygen atoms in total. The van der Waals surface area contributed by atoms with E-state index in [1.807, 2.05) is 18.2 Å². The first-order valence-corrected chi connectivity index (χ1v) is 7.22. The van der Waals surface area contributed by atoms with E-state index in [9.17, 15) is 9.59 Å². The summed E-state index contributed by atoms with van der Waals surface area (Å²) in [4.78, 5) is 23.8. The number of rotatable bonds is 2. The molecule has 23 heavy (non-hydrogen) atoms. The number of fused-ring (bicyclic) bond motifs is 1. The molecule has 0 aromatic heterocycles. The third-order valence-corrected chi connectivity index (χ3v) is 3.43. The van der Waals surface area contributed by atoms with Crippen LogP contribution in [0.25, 0.3) is 0 Å². The van der Waals surface area contributed by atoms with Gasteiger partial charge >= 0.3 is 6.03 Å². The molecule has 1 heterocycles. The van der Waals surface area contributed by atoms with Gasteiger partial charge in [0.1, 0.15) is 5.75 Å². The third kappa shape index (κ3) is 3.26. The molecule has 1 aliphatic heterocycles. The highest BCUT2D eigenvalue weighted by molar-refractivity contribution is 6.02. The molecule has 118 valence electrons. The molecular formula is C17H17N3O3. The Bertz CT molecular complexity index is 757. The molecule has 6 heteroatoms. The molecule has 0 atom stereocenters. The Balaban J connectivity index is 1.73. The average molecular weight is 311 g/mol. The fourth-order valence-electron chi connectivity index (χ4n) is 2.20. The molecule has 3 amide bonds. The normalized spacial score (nSPS) is 15.0. The van der Waals surface area contributed by atoms with Crippen molar-refractivity contribution in [2.24, 2.45) is 0 Å². The first kappa shape index (κ1) is 14.9. The largest absolute Gasteiger partial charge is 0.476 e. The SMILES string of the molecule is CC1(C)Oc2cc(NC(=O)Nc3ccccc3)ccc2NC1=O. The number of carbonyl (C=O) groups excluding carboxylic acids is 2. The maximum Gasteiger partial charge on any atom is 0.323 e. The van der Waals surface area contributed by atoms with E-state index in [1.54, 1.807) is 44.2 Å². The van der Waals surface area contributed by atoms with Crippen LogP contribution in [0.2, 0.25) is 0 Å². The second-order valence-electron chi connectivity index (χ2n) is 5.72. The van der Waals surface area contributed by atoms with Crippen LogP contribution < -0.4 is 20.7 Å². The van der Waals surface area contributed by atoms with Crippen molar-refractivity contribution in [3.63, 3.8) is 0 Å². The number of hydrogen-bond donors (Lipinski definition) is 3. The summed E-state index contributed by atoms with van der Waals surface area (Å²) < 4.78 is 5.69. The summed E-state index contributed by atoms with van der Waals surface area (Å²) in [5.74, 6) is 0.319. The van der Waals surface area contributed by atoms with Gasteiger partial charge in [-0.3, -0.25) is 4.79 Å². The highest BCUT2D eigenvalue weighted by Crippen LogP contribution is 2.35. The third-order valence-electron chi connectivity index (χ3n) is 3.43. The van der Waals surface area contributed by atoms with Crippen LogP contribution in [0.5, 0.6) is 5.75 Å². The molecule has 0 spiro atoms. The Hall–Kier alpha value is -3.02. The molecule has 0 fully saturated rings. The summed E-state index contributed by atoms with van der Waals surface area (Å²) in [6, 6.07) is 13.9. The van der Waals surface area contributed by atoms with Gasteiger partial charge in [-0.05, 0) is 38.1 Å². The molecule has 2 aromatic carbocycles. The number of benzene rings is 2. The van der Waals surface area contributed by atoms with Crippen molar-refractivity contribution in [3.8, 4) is 5.75 Å². The van der Waals surface area contributed by atoms with Crippen molar-refractivity contribution in [3.05, 3.63) is 48.5 Å². The Morgan fingerprint density at radius 3 is 2.48 bits per heavy atom. The summed E-state index contributed by atoms with van der Waals surface area (Å²) in [7, 11) is 0. The smallest absolute Gasteiger partial charge is 0.323 e. The number of amides is 3. The summed E-state index contributed by atoms with van der Waals surface area (Å²) in [6.45, 7) is 3.38. The van der Waals surface area contributed by atoms with Crippen molar-refractivity contribution in [1.29, 1.82) is 0 Å². The molecule has 0 bridgehead atoms. The molecule has 2 aromatic rings. The zero-order valence-corrected chi connectivity index (χ0v) is 12.8. The standard InChI is InChI=1S/C17H17N3O3/c1-17(2)15(21)20-13-9-8-12(10-14(13)23-17)19-16(22)18-11-6-4-3-5-7-11/h3-10H,1-2H3,(H,20,21)(H2,18,19,22). The lowest BCUT2D eigenvalue weighted by atomic mass is 10.1. The van der Waals surface area contributed by atoms with Gasteiger partial charge in [-0.1, -0.05) is 18.2 Å². The maximum absolute atomic E-state index is 12.0. The van der Waals surface area contributed by atoms with Crippen LogP contribution in [-0.2, 0) is 4.79 Å². The number of ether oxygens (including phenoxy) is 1. The van der Waals surface area contributed by atoms with Crippen LogP contribution in [0.15, 0.2) is 48.5 Å². The minimum atomic E-state index is -0.947. The minimum Gasteiger partial charge on any atom is -0.476 e. The first-order chi connectivity index (χ1) is 10.9. The van der Waals surface area contributed by atoms with Gasteiger partial charge in [0, 0.05) is 17.4 Å². The Labute approximate surface area is 133 Å². The molecule has 0 unspecified atom stereocenters. The molecule has 1 aliphatic rings. The first-order valence-electron chi connectivity index (χ1n) is 7.22. The van der Waals surface area contributed by atoms with Crippen LogP contribution >= 0.6 is 0 Å². The van der Waals surface area contributed by atoms with Crippen molar-refractivity contribution in [2.45, 2.75) is 19.4 Å². The molecular weight excluding hydrogens is 294 g/mol. The van der Waals surface area contributed by atoms with E-state index < -0.39 is 5.60 Å². The van der Waals surface area contributed by atoms with Gasteiger partial charge in [0.2, 0.25) is 0 Å².